The molecule has 0 aliphatic carbocycles. The van der Waals surface area contributed by atoms with Crippen molar-refractivity contribution in [3.8, 4) is 0 Å². The number of nitrogens with zero attached hydrogens (tertiary/aromatic N) is 3. The summed E-state index contributed by atoms with van der Waals surface area (Å²) in [5, 5.41) is 0. The van der Waals surface area contributed by atoms with Crippen LogP contribution in [-0.2, 0) is 4.52 Å². The maximum Gasteiger partial charge on any atom is 0.433 e. The Bertz CT molecular complexity index is 185. The van der Waals surface area contributed by atoms with Crippen molar-refractivity contribution in [3.05, 3.63) is 0 Å². The van der Waals surface area contributed by atoms with Crippen molar-refractivity contribution in [3.63, 3.8) is 0 Å². The molecule has 0 aromatic heterocycles. The summed E-state index contributed by atoms with van der Waals surface area (Å²) in [6, 6.07) is 0. The van der Waals surface area contributed by atoms with E-state index in [2.05, 4.69) is 11.9 Å². The van der Waals surface area contributed by atoms with E-state index in [-0.39, 0.29) is 0 Å². The molecule has 84 valence electrons. The maximum atomic E-state index is 10.3. The van der Waals surface area contributed by atoms with Crippen molar-refractivity contribution in [1.29, 1.82) is 0 Å². The topological polar surface area (TPSA) is 39.2 Å². The average Bonchev–Trinajstić information content (AvgIpc) is 2.17. The first-order valence-electron chi connectivity index (χ1n) is 4.80. The van der Waals surface area contributed by atoms with Gasteiger partial charge in [-0.15, -0.1) is 9.34 Å². The summed E-state index contributed by atoms with van der Waals surface area (Å²) in [5.41, 5.74) is 0. The second kappa shape index (κ2) is 4.84. The summed E-state index contributed by atoms with van der Waals surface area (Å²) < 4.78 is 9.11. The summed E-state index contributed by atoms with van der Waals surface area (Å²) in [7, 11) is 4.90. The van der Waals surface area contributed by atoms with Crippen LogP contribution >= 0.6 is 8.02 Å². The van der Waals surface area contributed by atoms with Gasteiger partial charge in [0.2, 0.25) is 0 Å². The highest BCUT2D eigenvalue weighted by Gasteiger charge is 2.49. The lowest BCUT2D eigenvalue weighted by atomic mass is 10.4. The van der Waals surface area contributed by atoms with Gasteiger partial charge in [-0.1, -0.05) is 0 Å². The number of hydrogen-bond donors (Lipinski definition) is 1. The molecule has 1 rings (SSSR count). The zero-order chi connectivity index (χ0) is 10.8. The molecule has 0 aromatic carbocycles. The largest absolute Gasteiger partial charge is 0.433 e. The van der Waals surface area contributed by atoms with Crippen LogP contribution in [0.25, 0.3) is 0 Å². The quantitative estimate of drug-likeness (QED) is 0.686. The van der Waals surface area contributed by atoms with Gasteiger partial charge in [0, 0.05) is 27.2 Å². The third-order valence-corrected chi connectivity index (χ3v) is 5.28. The molecule has 1 atom stereocenters. The van der Waals surface area contributed by atoms with E-state index in [1.807, 2.05) is 18.8 Å². The van der Waals surface area contributed by atoms with Crippen LogP contribution in [0.3, 0.4) is 0 Å². The summed E-state index contributed by atoms with van der Waals surface area (Å²) in [4.78, 5) is 12.6. The third kappa shape index (κ3) is 2.42. The van der Waals surface area contributed by atoms with E-state index in [0.717, 1.165) is 26.2 Å². The van der Waals surface area contributed by atoms with Crippen LogP contribution in [0.5, 0.6) is 0 Å². The van der Waals surface area contributed by atoms with E-state index < -0.39 is 8.02 Å². The van der Waals surface area contributed by atoms with E-state index >= 15 is 0 Å². The van der Waals surface area contributed by atoms with Gasteiger partial charge in [-0.25, -0.2) is 0 Å². The fourth-order valence-electron chi connectivity index (χ4n) is 1.59. The molecule has 6 heteroatoms. The van der Waals surface area contributed by atoms with Crippen LogP contribution in [-0.4, -0.2) is 73.6 Å². The molecule has 0 aromatic rings. The number of likely N-dealkylation sites (N-methyl/N-ethyl adjacent to an activating group) is 1. The Hall–Kier alpha value is 0.230. The van der Waals surface area contributed by atoms with E-state index in [9.17, 15) is 4.89 Å². The molecule has 0 spiro atoms. The van der Waals surface area contributed by atoms with Crippen LogP contribution in [0.1, 0.15) is 0 Å². The minimum atomic E-state index is -2.48. The standard InChI is InChI=1S/C8H21N3O2P/c1-9(2)14(12,13-4)11-7-5-10(3)6-8-11/h12H,5-8H2,1-4H3/q+1. The molecule has 5 nitrogen and oxygen atoms in total. The van der Waals surface area contributed by atoms with E-state index in [1.54, 1.807) is 11.8 Å². The normalized spacial score (nSPS) is 25.3. The van der Waals surface area contributed by atoms with Gasteiger partial charge in [-0.05, 0) is 7.05 Å². The highest BCUT2D eigenvalue weighted by Crippen LogP contribution is 2.59. The zero-order valence-electron chi connectivity index (χ0n) is 9.47. The summed E-state index contributed by atoms with van der Waals surface area (Å²) in [6.07, 6.45) is 0. The molecule has 1 N–H and O–H groups in total. The van der Waals surface area contributed by atoms with Crippen LogP contribution in [0.4, 0.5) is 0 Å². The lowest BCUT2D eigenvalue weighted by Crippen LogP contribution is -2.46. The summed E-state index contributed by atoms with van der Waals surface area (Å²) >= 11 is 0. The third-order valence-electron chi connectivity index (χ3n) is 2.61. The van der Waals surface area contributed by atoms with E-state index in [0.29, 0.717) is 0 Å². The van der Waals surface area contributed by atoms with Crippen LogP contribution in [0.15, 0.2) is 0 Å². The zero-order valence-corrected chi connectivity index (χ0v) is 10.4. The number of rotatable bonds is 3. The summed E-state index contributed by atoms with van der Waals surface area (Å²) in [6.45, 7) is 3.71. The first kappa shape index (κ1) is 12.3. The Morgan fingerprint density at radius 3 is 2.07 bits per heavy atom. The molecule has 0 amide bonds. The minimum absolute atomic E-state index is 0.868. The van der Waals surface area contributed by atoms with Gasteiger partial charge in [0.15, 0.2) is 0 Å². The van der Waals surface area contributed by atoms with Gasteiger partial charge in [0.1, 0.15) is 0 Å². The maximum absolute atomic E-state index is 10.3. The van der Waals surface area contributed by atoms with E-state index in [4.69, 9.17) is 4.52 Å². The molecular weight excluding hydrogens is 201 g/mol. The monoisotopic (exact) mass is 222 g/mol. The van der Waals surface area contributed by atoms with Crippen molar-refractivity contribution < 1.29 is 9.42 Å². The van der Waals surface area contributed by atoms with Crippen molar-refractivity contribution in [2.45, 2.75) is 0 Å². The average molecular weight is 222 g/mol. The van der Waals surface area contributed by atoms with Gasteiger partial charge in [0.25, 0.3) is 0 Å². The second-order valence-corrected chi connectivity index (χ2v) is 6.56. The Morgan fingerprint density at radius 2 is 1.71 bits per heavy atom. The first-order chi connectivity index (χ1) is 6.50. The van der Waals surface area contributed by atoms with Gasteiger partial charge in [-0.3, -0.25) is 0 Å². The van der Waals surface area contributed by atoms with Crippen LogP contribution in [0, 0.1) is 0 Å². The Morgan fingerprint density at radius 1 is 1.21 bits per heavy atom. The second-order valence-electron chi connectivity index (χ2n) is 3.80. The van der Waals surface area contributed by atoms with Crippen molar-refractivity contribution in [1.82, 2.24) is 14.2 Å². The molecule has 1 aliphatic rings. The van der Waals surface area contributed by atoms with Crippen molar-refractivity contribution in [2.75, 3.05) is 54.4 Å². The van der Waals surface area contributed by atoms with Gasteiger partial charge >= 0.3 is 8.02 Å². The smallest absolute Gasteiger partial charge is 0.304 e. The van der Waals surface area contributed by atoms with Crippen molar-refractivity contribution >= 4 is 8.02 Å². The predicted molar refractivity (Wildman–Crippen MR) is 58.9 cm³/mol. The molecule has 0 radical (unpaired) electrons. The SMILES string of the molecule is CO[P+](O)(N(C)C)N1CCN(C)CC1. The van der Waals surface area contributed by atoms with Gasteiger partial charge in [0.05, 0.1) is 20.2 Å². The number of hydrogen-bond acceptors (Lipinski definition) is 5. The minimum Gasteiger partial charge on any atom is -0.304 e. The Kier molecular flexibility index (Phi) is 4.25. The number of piperazine rings is 1. The van der Waals surface area contributed by atoms with E-state index in [1.165, 1.54) is 0 Å². The molecule has 0 bridgehead atoms. The molecule has 1 aliphatic heterocycles. The predicted octanol–water partition coefficient (Wildman–Crippen LogP) is 0.112. The highest BCUT2D eigenvalue weighted by molar-refractivity contribution is 7.60. The lowest BCUT2D eigenvalue weighted by Gasteiger charge is -2.36. The molecule has 1 heterocycles. The van der Waals surface area contributed by atoms with Crippen LogP contribution in [0.2, 0.25) is 0 Å². The molecule has 0 saturated carbocycles. The van der Waals surface area contributed by atoms with Crippen molar-refractivity contribution in [2.24, 2.45) is 0 Å². The van der Waals surface area contributed by atoms with Gasteiger partial charge in [-0.2, -0.15) is 9.42 Å². The molecule has 14 heavy (non-hydrogen) atoms. The first-order valence-corrected chi connectivity index (χ1v) is 6.36. The highest BCUT2D eigenvalue weighted by atomic mass is 31.2. The summed E-state index contributed by atoms with van der Waals surface area (Å²) in [5.74, 6) is 0. The fourth-order valence-corrected chi connectivity index (χ4v) is 3.35. The fraction of sp³-hybridized carbons (Fsp3) is 1.00. The Labute approximate surface area is 86.8 Å². The molecule has 1 fully saturated rings. The van der Waals surface area contributed by atoms with Crippen LogP contribution < -0.4 is 0 Å². The molecule has 1 unspecified atom stereocenters. The lowest BCUT2D eigenvalue weighted by molar-refractivity contribution is 0.166. The Balaban J connectivity index is 2.61. The molecular formula is C8H21N3O2P+. The molecule has 1 saturated heterocycles. The van der Waals surface area contributed by atoms with Gasteiger partial charge < -0.3 is 4.90 Å².